The zero-order chi connectivity index (χ0) is 14.5. The van der Waals surface area contributed by atoms with E-state index >= 15 is 0 Å². The van der Waals surface area contributed by atoms with Crippen molar-refractivity contribution in [2.75, 3.05) is 5.75 Å². The summed E-state index contributed by atoms with van der Waals surface area (Å²) in [7, 11) is 0. The lowest BCUT2D eigenvalue weighted by Gasteiger charge is -2.11. The van der Waals surface area contributed by atoms with Crippen molar-refractivity contribution in [2.45, 2.75) is 43.7 Å². The van der Waals surface area contributed by atoms with Crippen molar-refractivity contribution in [3.8, 4) is 0 Å². The summed E-state index contributed by atoms with van der Waals surface area (Å²) in [4.78, 5) is 24.4. The van der Waals surface area contributed by atoms with Crippen LogP contribution in [0.25, 0.3) is 0 Å². The van der Waals surface area contributed by atoms with E-state index in [1.807, 2.05) is 26.0 Å². The molecule has 5 heteroatoms. The number of amides is 1. The second-order valence-electron chi connectivity index (χ2n) is 5.08. The molecule has 1 aliphatic carbocycles. The lowest BCUT2D eigenvalue weighted by atomic mass is 10.2. The van der Waals surface area contributed by atoms with Crippen LogP contribution in [0, 0.1) is 0 Å². The zero-order valence-electron chi connectivity index (χ0n) is 11.7. The van der Waals surface area contributed by atoms with E-state index in [0.717, 1.165) is 17.7 Å². The molecule has 0 spiro atoms. The molecule has 0 unspecified atom stereocenters. The first-order chi connectivity index (χ1) is 9.56. The van der Waals surface area contributed by atoms with E-state index in [4.69, 9.17) is 4.74 Å². The quantitative estimate of drug-likeness (QED) is 0.647. The Morgan fingerprint density at radius 3 is 2.70 bits per heavy atom. The number of rotatable bonds is 6. The number of carbonyl (C=O) groups excluding carboxylic acids is 2. The largest absolute Gasteiger partial charge is 0.459 e. The number of ether oxygens (including phenoxy) is 1. The molecule has 1 fully saturated rings. The van der Waals surface area contributed by atoms with Crippen LogP contribution in [0.2, 0.25) is 0 Å². The van der Waals surface area contributed by atoms with Crippen molar-refractivity contribution in [3.05, 3.63) is 29.8 Å². The SMILES string of the molecule is CC(C)OC(=O)c1ccccc1SCC(=O)NC1CC1. The molecule has 1 aromatic carbocycles. The average Bonchev–Trinajstić information content (AvgIpc) is 3.20. The Morgan fingerprint density at radius 2 is 2.05 bits per heavy atom. The molecule has 0 saturated heterocycles. The molecule has 0 radical (unpaired) electrons. The molecule has 0 atom stereocenters. The van der Waals surface area contributed by atoms with E-state index in [0.29, 0.717) is 17.4 Å². The van der Waals surface area contributed by atoms with Crippen molar-refractivity contribution in [3.63, 3.8) is 0 Å². The van der Waals surface area contributed by atoms with E-state index in [2.05, 4.69) is 5.32 Å². The van der Waals surface area contributed by atoms with Crippen molar-refractivity contribution in [1.29, 1.82) is 0 Å². The van der Waals surface area contributed by atoms with Gasteiger partial charge in [0.25, 0.3) is 0 Å². The van der Waals surface area contributed by atoms with E-state index in [1.165, 1.54) is 11.8 Å². The van der Waals surface area contributed by atoms with Crippen molar-refractivity contribution in [2.24, 2.45) is 0 Å². The minimum Gasteiger partial charge on any atom is -0.459 e. The van der Waals surface area contributed by atoms with Crippen LogP contribution >= 0.6 is 11.8 Å². The second-order valence-corrected chi connectivity index (χ2v) is 6.10. The molecule has 1 amide bonds. The van der Waals surface area contributed by atoms with Gasteiger partial charge in [0.15, 0.2) is 0 Å². The van der Waals surface area contributed by atoms with Gasteiger partial charge in [0.2, 0.25) is 5.91 Å². The number of nitrogens with one attached hydrogen (secondary N) is 1. The number of hydrogen-bond acceptors (Lipinski definition) is 4. The van der Waals surface area contributed by atoms with Crippen LogP contribution in [-0.2, 0) is 9.53 Å². The van der Waals surface area contributed by atoms with Gasteiger partial charge < -0.3 is 10.1 Å². The average molecular weight is 293 g/mol. The van der Waals surface area contributed by atoms with Crippen LogP contribution in [0.15, 0.2) is 29.2 Å². The van der Waals surface area contributed by atoms with Crippen molar-refractivity contribution < 1.29 is 14.3 Å². The van der Waals surface area contributed by atoms with Gasteiger partial charge >= 0.3 is 5.97 Å². The van der Waals surface area contributed by atoms with Crippen LogP contribution in [-0.4, -0.2) is 29.8 Å². The number of hydrogen-bond donors (Lipinski definition) is 1. The second kappa shape index (κ2) is 6.79. The van der Waals surface area contributed by atoms with Crippen LogP contribution in [0.3, 0.4) is 0 Å². The minimum atomic E-state index is -0.342. The summed E-state index contributed by atoms with van der Waals surface area (Å²) in [5.41, 5.74) is 0.519. The first-order valence-corrected chi connectivity index (χ1v) is 7.77. The smallest absolute Gasteiger partial charge is 0.339 e. The number of carbonyl (C=O) groups is 2. The van der Waals surface area contributed by atoms with Gasteiger partial charge in [-0.3, -0.25) is 4.79 Å². The lowest BCUT2D eigenvalue weighted by molar-refractivity contribution is -0.118. The molecule has 0 aliphatic heterocycles. The summed E-state index contributed by atoms with van der Waals surface area (Å²) in [5, 5.41) is 2.93. The summed E-state index contributed by atoms with van der Waals surface area (Å²) < 4.78 is 5.21. The number of thioether (sulfide) groups is 1. The van der Waals surface area contributed by atoms with Crippen LogP contribution in [0.5, 0.6) is 0 Å². The Kier molecular flexibility index (Phi) is 5.06. The Bertz CT molecular complexity index is 498. The molecule has 1 saturated carbocycles. The van der Waals surface area contributed by atoms with Crippen LogP contribution < -0.4 is 5.32 Å². The predicted octanol–water partition coefficient (Wildman–Crippen LogP) is 2.62. The summed E-state index contributed by atoms with van der Waals surface area (Å²) in [6, 6.07) is 7.58. The molecule has 4 nitrogen and oxygen atoms in total. The Morgan fingerprint density at radius 1 is 1.35 bits per heavy atom. The minimum absolute atomic E-state index is 0.0181. The normalized spacial score (nSPS) is 14.2. The highest BCUT2D eigenvalue weighted by atomic mass is 32.2. The lowest BCUT2D eigenvalue weighted by Crippen LogP contribution is -2.27. The monoisotopic (exact) mass is 293 g/mol. The predicted molar refractivity (Wildman–Crippen MR) is 78.9 cm³/mol. The Labute approximate surface area is 123 Å². The molecule has 2 rings (SSSR count). The van der Waals surface area contributed by atoms with E-state index in [1.54, 1.807) is 12.1 Å². The van der Waals surface area contributed by atoms with Gasteiger partial charge in [0, 0.05) is 10.9 Å². The van der Waals surface area contributed by atoms with Gasteiger partial charge in [-0.25, -0.2) is 4.79 Å². The van der Waals surface area contributed by atoms with Gasteiger partial charge in [-0.05, 0) is 38.8 Å². The van der Waals surface area contributed by atoms with Gasteiger partial charge in [-0.1, -0.05) is 12.1 Å². The molecule has 1 N–H and O–H groups in total. The summed E-state index contributed by atoms with van der Waals surface area (Å²) in [5.74, 6) is -0.00196. The van der Waals surface area contributed by atoms with Gasteiger partial charge in [0.05, 0.1) is 17.4 Å². The fourth-order valence-electron chi connectivity index (χ4n) is 1.68. The molecule has 1 aromatic rings. The van der Waals surface area contributed by atoms with Gasteiger partial charge in [-0.2, -0.15) is 0 Å². The number of benzene rings is 1. The standard InChI is InChI=1S/C15H19NO3S/c1-10(2)19-15(18)12-5-3-4-6-13(12)20-9-14(17)16-11-7-8-11/h3-6,10-11H,7-9H2,1-2H3,(H,16,17). The molecular formula is C15H19NO3S. The fraction of sp³-hybridized carbons (Fsp3) is 0.467. The maximum absolute atomic E-state index is 12.0. The molecule has 1 aliphatic rings. The third-order valence-electron chi connectivity index (χ3n) is 2.75. The first-order valence-electron chi connectivity index (χ1n) is 6.78. The van der Waals surface area contributed by atoms with E-state index in [9.17, 15) is 9.59 Å². The summed E-state index contributed by atoms with van der Waals surface area (Å²) >= 11 is 1.37. The maximum Gasteiger partial charge on any atom is 0.339 e. The van der Waals surface area contributed by atoms with Gasteiger partial charge in [0.1, 0.15) is 0 Å². The molecule has 108 valence electrons. The highest BCUT2D eigenvalue weighted by Crippen LogP contribution is 2.24. The molecule has 20 heavy (non-hydrogen) atoms. The van der Waals surface area contributed by atoms with E-state index in [-0.39, 0.29) is 18.0 Å². The van der Waals surface area contributed by atoms with Gasteiger partial charge in [-0.15, -0.1) is 11.8 Å². The fourth-order valence-corrected chi connectivity index (χ4v) is 2.53. The maximum atomic E-state index is 12.0. The Balaban J connectivity index is 1.95. The van der Waals surface area contributed by atoms with Crippen molar-refractivity contribution in [1.82, 2.24) is 5.32 Å². The molecule has 0 heterocycles. The highest BCUT2D eigenvalue weighted by Gasteiger charge is 2.23. The zero-order valence-corrected chi connectivity index (χ0v) is 12.5. The van der Waals surface area contributed by atoms with E-state index < -0.39 is 0 Å². The highest BCUT2D eigenvalue weighted by molar-refractivity contribution is 8.00. The third kappa shape index (κ3) is 4.56. The summed E-state index contributed by atoms with van der Waals surface area (Å²) in [6.45, 7) is 3.63. The van der Waals surface area contributed by atoms with Crippen LogP contribution in [0.4, 0.5) is 0 Å². The Hall–Kier alpha value is -1.49. The molecule has 0 bridgehead atoms. The first kappa shape index (κ1) is 14.9. The molecular weight excluding hydrogens is 274 g/mol. The third-order valence-corrected chi connectivity index (χ3v) is 3.82. The number of esters is 1. The van der Waals surface area contributed by atoms with Crippen molar-refractivity contribution >= 4 is 23.6 Å². The summed E-state index contributed by atoms with van der Waals surface area (Å²) in [6.07, 6.45) is 2.00. The van der Waals surface area contributed by atoms with Crippen LogP contribution in [0.1, 0.15) is 37.0 Å². The topological polar surface area (TPSA) is 55.4 Å². The molecule has 0 aromatic heterocycles.